The molecule has 9 heavy (non-hydrogen) atoms. The summed E-state index contributed by atoms with van der Waals surface area (Å²) in [7, 11) is 1.97. The molecule has 0 amide bonds. The first-order valence-electron chi connectivity index (χ1n) is 2.02. The standard InChI is InChI=1S/C4H6N2.Br2.BrH/c1-6-3-2-5-4-6;1-2;/h2-4H,1H3;;1H. The summed E-state index contributed by atoms with van der Waals surface area (Å²) in [4.78, 5) is 2.89. The lowest BCUT2D eigenvalue weighted by molar-refractivity contribution is -0.670. The first kappa shape index (κ1) is 12.3. The molecule has 2 nitrogen and oxygen atoms in total. The van der Waals surface area contributed by atoms with E-state index in [2.05, 4.69) is 33.2 Å². The summed E-state index contributed by atoms with van der Waals surface area (Å²) in [6.45, 7) is 0. The third-order valence-electron chi connectivity index (χ3n) is 0.684. The molecule has 0 saturated heterocycles. The van der Waals surface area contributed by atoms with E-state index in [9.17, 15) is 0 Å². The molecule has 54 valence electrons. The van der Waals surface area contributed by atoms with Crippen LogP contribution < -0.4 is 21.5 Å². The quantitative estimate of drug-likeness (QED) is 0.563. The van der Waals surface area contributed by atoms with Gasteiger partial charge in [0.1, 0.15) is 12.4 Å². The molecule has 0 aliphatic heterocycles. The van der Waals surface area contributed by atoms with Gasteiger partial charge in [0.2, 0.25) is 6.33 Å². The van der Waals surface area contributed by atoms with Crippen molar-refractivity contribution in [1.29, 1.82) is 0 Å². The van der Waals surface area contributed by atoms with Crippen LogP contribution in [0.4, 0.5) is 0 Å². The highest BCUT2D eigenvalue weighted by Gasteiger charge is 1.78. The van der Waals surface area contributed by atoms with Crippen LogP contribution in [0.1, 0.15) is 0 Å². The molecule has 0 aliphatic carbocycles. The van der Waals surface area contributed by atoms with E-state index in [-0.39, 0.29) is 17.0 Å². The number of aryl methyl sites for hydroxylation is 1. The number of nitrogens with one attached hydrogen (secondary N) is 1. The molecular formula is C4H7Br3N2. The van der Waals surface area contributed by atoms with Gasteiger partial charge in [-0.3, -0.25) is 4.98 Å². The smallest absolute Gasteiger partial charge is 0.241 e. The van der Waals surface area contributed by atoms with Gasteiger partial charge in [0.25, 0.3) is 0 Å². The van der Waals surface area contributed by atoms with Gasteiger partial charge in [0.05, 0.1) is 7.05 Å². The van der Waals surface area contributed by atoms with Crippen LogP contribution in [0.25, 0.3) is 0 Å². The Labute approximate surface area is 80.3 Å². The summed E-state index contributed by atoms with van der Waals surface area (Å²) in [5.41, 5.74) is 0. The second-order valence-corrected chi connectivity index (χ2v) is 1.28. The maximum absolute atomic E-state index is 2.89. The molecule has 0 fully saturated rings. The Morgan fingerprint density at radius 1 is 1.44 bits per heavy atom. The van der Waals surface area contributed by atoms with Crippen molar-refractivity contribution in [3.05, 3.63) is 18.7 Å². The zero-order chi connectivity index (χ0) is 6.41. The number of aromatic amines is 1. The molecule has 5 heteroatoms. The average molecular weight is 323 g/mol. The summed E-state index contributed by atoms with van der Waals surface area (Å²) >= 11 is 5.50. The molecular weight excluding hydrogens is 316 g/mol. The van der Waals surface area contributed by atoms with Gasteiger partial charge in [-0.05, 0) is 0 Å². The van der Waals surface area contributed by atoms with Crippen LogP contribution >= 0.6 is 28.3 Å². The van der Waals surface area contributed by atoms with Crippen LogP contribution in [0.3, 0.4) is 0 Å². The van der Waals surface area contributed by atoms with E-state index in [1.54, 1.807) is 0 Å². The summed E-state index contributed by atoms with van der Waals surface area (Å²) in [5.74, 6) is 0. The van der Waals surface area contributed by atoms with Crippen LogP contribution in [0.15, 0.2) is 18.7 Å². The van der Waals surface area contributed by atoms with Crippen LogP contribution in [-0.4, -0.2) is 4.98 Å². The van der Waals surface area contributed by atoms with Crippen molar-refractivity contribution in [3.63, 3.8) is 0 Å². The Bertz CT molecular complexity index is 117. The van der Waals surface area contributed by atoms with Crippen molar-refractivity contribution in [2.24, 2.45) is 7.05 Å². The lowest BCUT2D eigenvalue weighted by atomic mass is 10.9. The van der Waals surface area contributed by atoms with E-state index in [1.807, 2.05) is 30.3 Å². The second kappa shape index (κ2) is 8.65. The minimum absolute atomic E-state index is 0. The summed E-state index contributed by atoms with van der Waals surface area (Å²) in [6.07, 6.45) is 5.69. The third kappa shape index (κ3) is 6.54. The van der Waals surface area contributed by atoms with Gasteiger partial charge in [0, 0.05) is 28.3 Å². The van der Waals surface area contributed by atoms with Crippen LogP contribution in [0.5, 0.6) is 0 Å². The summed E-state index contributed by atoms with van der Waals surface area (Å²) in [6, 6.07) is 0. The minimum Gasteiger partial charge on any atom is -1.00 e. The first-order valence-corrected chi connectivity index (χ1v) is 5.73. The van der Waals surface area contributed by atoms with Gasteiger partial charge in [-0.2, -0.15) is 0 Å². The van der Waals surface area contributed by atoms with Crippen molar-refractivity contribution in [2.45, 2.75) is 0 Å². The fraction of sp³-hybridized carbons (Fsp3) is 0.250. The lowest BCUT2D eigenvalue weighted by Crippen LogP contribution is -3.00. The van der Waals surface area contributed by atoms with Gasteiger partial charge in [-0.15, -0.1) is 0 Å². The van der Waals surface area contributed by atoms with Crippen molar-refractivity contribution < 1.29 is 21.5 Å². The van der Waals surface area contributed by atoms with Gasteiger partial charge < -0.3 is 17.0 Å². The molecule has 0 aliphatic rings. The highest BCUT2D eigenvalue weighted by molar-refractivity contribution is 9.93. The fourth-order valence-corrected chi connectivity index (χ4v) is 0.364. The largest absolute Gasteiger partial charge is 1.00 e. The molecule has 1 rings (SSSR count). The number of hydrogen-bond donors (Lipinski definition) is 1. The molecule has 1 aromatic heterocycles. The molecule has 0 atom stereocenters. The van der Waals surface area contributed by atoms with Gasteiger partial charge in [-0.1, -0.05) is 0 Å². The van der Waals surface area contributed by atoms with Gasteiger partial charge >= 0.3 is 0 Å². The van der Waals surface area contributed by atoms with Crippen LogP contribution in [-0.2, 0) is 7.05 Å². The Hall–Kier alpha value is 0.650. The van der Waals surface area contributed by atoms with Crippen molar-refractivity contribution >= 4 is 28.3 Å². The predicted molar refractivity (Wildman–Crippen MR) is 39.8 cm³/mol. The van der Waals surface area contributed by atoms with Crippen LogP contribution in [0, 0.1) is 0 Å². The molecule has 0 aromatic carbocycles. The topological polar surface area (TPSA) is 19.7 Å². The van der Waals surface area contributed by atoms with Crippen molar-refractivity contribution in [1.82, 2.24) is 4.98 Å². The molecule has 0 bridgehead atoms. The number of hydrogen-bond acceptors (Lipinski definition) is 0. The van der Waals surface area contributed by atoms with E-state index >= 15 is 0 Å². The number of nitrogens with zero attached hydrogens (tertiary/aromatic N) is 1. The average Bonchev–Trinajstić information content (AvgIpc) is 2.24. The van der Waals surface area contributed by atoms with Crippen molar-refractivity contribution in [2.75, 3.05) is 0 Å². The maximum atomic E-state index is 2.89. The fourth-order valence-electron chi connectivity index (χ4n) is 0.364. The molecule has 1 heterocycles. The van der Waals surface area contributed by atoms with E-state index < -0.39 is 0 Å². The van der Waals surface area contributed by atoms with Gasteiger partial charge in [0.15, 0.2) is 0 Å². The van der Waals surface area contributed by atoms with E-state index in [0.717, 1.165) is 0 Å². The minimum atomic E-state index is 0. The Kier molecular flexibility index (Phi) is 11.9. The zero-order valence-electron chi connectivity index (χ0n) is 4.81. The Morgan fingerprint density at radius 3 is 2.11 bits per heavy atom. The second-order valence-electron chi connectivity index (χ2n) is 1.28. The molecule has 0 saturated carbocycles. The number of imidazole rings is 1. The summed E-state index contributed by atoms with van der Waals surface area (Å²) in [5, 5.41) is 0. The highest BCUT2D eigenvalue weighted by Crippen LogP contribution is 1.85. The maximum Gasteiger partial charge on any atom is 0.241 e. The van der Waals surface area contributed by atoms with Crippen molar-refractivity contribution in [3.8, 4) is 0 Å². The molecule has 1 N–H and O–H groups in total. The SMILES string of the molecule is BrBr.C[n+]1cc[nH]c1.[Br-]. The number of halogens is 3. The van der Waals surface area contributed by atoms with Gasteiger partial charge in [-0.25, -0.2) is 4.57 Å². The predicted octanol–water partition coefficient (Wildman–Crippen LogP) is -1.47. The van der Waals surface area contributed by atoms with E-state index in [0.29, 0.717) is 0 Å². The zero-order valence-corrected chi connectivity index (χ0v) is 9.57. The van der Waals surface area contributed by atoms with E-state index in [1.165, 1.54) is 0 Å². The third-order valence-corrected chi connectivity index (χ3v) is 0.684. The summed E-state index contributed by atoms with van der Waals surface area (Å²) < 4.78 is 1.94. The number of aromatic nitrogens is 2. The molecule has 1 aromatic rings. The van der Waals surface area contributed by atoms with E-state index in [4.69, 9.17) is 0 Å². The molecule has 0 radical (unpaired) electrons. The Morgan fingerprint density at radius 2 is 2.00 bits per heavy atom. The molecule has 0 spiro atoms. The van der Waals surface area contributed by atoms with Crippen LogP contribution in [0.2, 0.25) is 0 Å². The number of rotatable bonds is 0. The normalized spacial score (nSPS) is 6.56. The first-order chi connectivity index (χ1) is 3.89. The highest BCUT2D eigenvalue weighted by atomic mass is 80.9. The monoisotopic (exact) mass is 320 g/mol. The Balaban J connectivity index is 0. The number of H-pyrrole nitrogens is 1. The molecule has 0 unspecified atom stereocenters. The lowest BCUT2D eigenvalue weighted by Gasteiger charge is -1.66.